The molecule has 5 heteroatoms. The van der Waals surface area contributed by atoms with E-state index in [4.69, 9.17) is 14.6 Å². The number of carboxylic acid groups (broad SMARTS) is 1. The van der Waals surface area contributed by atoms with Gasteiger partial charge in [-0.25, -0.2) is 4.79 Å². The van der Waals surface area contributed by atoms with E-state index in [0.717, 1.165) is 29.9 Å². The molecule has 136 valence electrons. The van der Waals surface area contributed by atoms with Gasteiger partial charge in [0.1, 0.15) is 13.2 Å². The molecule has 0 spiro atoms. The minimum Gasteiger partial charge on any atom is -0.486 e. The van der Waals surface area contributed by atoms with Crippen LogP contribution in [0.5, 0.6) is 11.5 Å². The Hall–Kier alpha value is -2.53. The molecule has 1 saturated carbocycles. The van der Waals surface area contributed by atoms with Gasteiger partial charge >= 0.3 is 5.97 Å². The summed E-state index contributed by atoms with van der Waals surface area (Å²) in [6, 6.07) is 13.3. The van der Waals surface area contributed by atoms with Crippen molar-refractivity contribution in [3.63, 3.8) is 0 Å². The molecule has 0 unspecified atom stereocenters. The quantitative estimate of drug-likeness (QED) is 0.858. The first-order chi connectivity index (χ1) is 12.7. The molecule has 26 heavy (non-hydrogen) atoms. The summed E-state index contributed by atoms with van der Waals surface area (Å²) in [5.41, 5.74) is 2.57. The predicted molar refractivity (Wildman–Crippen MR) is 97.8 cm³/mol. The van der Waals surface area contributed by atoms with Crippen LogP contribution in [0.15, 0.2) is 42.5 Å². The summed E-state index contributed by atoms with van der Waals surface area (Å²) in [7, 11) is 0. The van der Waals surface area contributed by atoms with Crippen LogP contribution in [0.1, 0.15) is 47.2 Å². The summed E-state index contributed by atoms with van der Waals surface area (Å²) in [6.45, 7) is 1.89. The maximum atomic E-state index is 11.0. The number of hydrogen-bond donors (Lipinski definition) is 2. The van der Waals surface area contributed by atoms with Gasteiger partial charge in [-0.15, -0.1) is 0 Å². The Labute approximate surface area is 152 Å². The molecule has 0 aromatic heterocycles. The lowest BCUT2D eigenvalue weighted by Gasteiger charge is -2.32. The first-order valence-electron chi connectivity index (χ1n) is 9.14. The maximum Gasteiger partial charge on any atom is 0.335 e. The minimum atomic E-state index is -0.895. The van der Waals surface area contributed by atoms with E-state index in [9.17, 15) is 4.79 Å². The van der Waals surface area contributed by atoms with Crippen molar-refractivity contribution in [2.75, 3.05) is 13.2 Å². The van der Waals surface area contributed by atoms with Gasteiger partial charge in [0.05, 0.1) is 5.56 Å². The Morgan fingerprint density at radius 2 is 1.69 bits per heavy atom. The van der Waals surface area contributed by atoms with Gasteiger partial charge in [-0.3, -0.25) is 0 Å². The van der Waals surface area contributed by atoms with E-state index in [1.54, 1.807) is 12.1 Å². The lowest BCUT2D eigenvalue weighted by Crippen LogP contribution is -2.39. The molecule has 2 aliphatic rings. The summed E-state index contributed by atoms with van der Waals surface area (Å²) >= 11 is 0. The van der Waals surface area contributed by atoms with Crippen molar-refractivity contribution in [3.05, 3.63) is 59.2 Å². The van der Waals surface area contributed by atoms with Gasteiger partial charge in [-0.2, -0.15) is 0 Å². The first kappa shape index (κ1) is 16.9. The number of hydrogen-bond acceptors (Lipinski definition) is 4. The predicted octanol–water partition coefficient (Wildman–Crippen LogP) is 3.72. The summed E-state index contributed by atoms with van der Waals surface area (Å²) in [5, 5.41) is 12.8. The number of carbonyl (C=O) groups is 1. The fourth-order valence-corrected chi connectivity index (χ4v) is 3.92. The summed E-state index contributed by atoms with van der Waals surface area (Å²) < 4.78 is 11.4. The number of benzene rings is 2. The fourth-order valence-electron chi connectivity index (χ4n) is 3.92. The van der Waals surface area contributed by atoms with E-state index >= 15 is 0 Å². The van der Waals surface area contributed by atoms with Crippen molar-refractivity contribution < 1.29 is 19.4 Å². The van der Waals surface area contributed by atoms with E-state index < -0.39 is 5.97 Å². The van der Waals surface area contributed by atoms with E-state index in [-0.39, 0.29) is 5.54 Å². The molecule has 0 atom stereocenters. The number of ether oxygens (including phenoxy) is 2. The second-order valence-corrected chi connectivity index (χ2v) is 7.00. The minimum absolute atomic E-state index is 0.0681. The lowest BCUT2D eigenvalue weighted by molar-refractivity contribution is 0.0697. The van der Waals surface area contributed by atoms with Gasteiger partial charge in [0.2, 0.25) is 0 Å². The van der Waals surface area contributed by atoms with E-state index in [0.29, 0.717) is 25.3 Å². The third kappa shape index (κ3) is 3.27. The molecule has 0 bridgehead atoms. The van der Waals surface area contributed by atoms with Crippen LogP contribution in [0.2, 0.25) is 0 Å². The second kappa shape index (κ2) is 7.00. The van der Waals surface area contributed by atoms with Crippen LogP contribution >= 0.6 is 0 Å². The normalized spacial score (nSPS) is 17.8. The van der Waals surface area contributed by atoms with Crippen molar-refractivity contribution in [1.29, 1.82) is 0 Å². The molecule has 2 aromatic carbocycles. The fraction of sp³-hybridized carbons (Fsp3) is 0.381. The van der Waals surface area contributed by atoms with Gasteiger partial charge in [-0.1, -0.05) is 31.0 Å². The highest BCUT2D eigenvalue weighted by atomic mass is 16.6. The molecule has 1 aliphatic heterocycles. The molecule has 2 N–H and O–H groups in total. The smallest absolute Gasteiger partial charge is 0.335 e. The Balaban J connectivity index is 1.54. The SMILES string of the molecule is O=C(O)c1ccc(CNC2(c3ccc4c(c3)OCCO4)CCCC2)cc1. The van der Waals surface area contributed by atoms with Crippen LogP contribution < -0.4 is 14.8 Å². The third-order valence-corrected chi connectivity index (χ3v) is 5.38. The van der Waals surface area contributed by atoms with Gasteiger partial charge in [0.25, 0.3) is 0 Å². The highest BCUT2D eigenvalue weighted by molar-refractivity contribution is 5.87. The molecule has 0 amide bonds. The molecule has 1 fully saturated rings. The Bertz CT molecular complexity index is 794. The zero-order valence-corrected chi connectivity index (χ0v) is 14.7. The summed E-state index contributed by atoms with van der Waals surface area (Å²) in [5.74, 6) is 0.748. The van der Waals surface area contributed by atoms with Gasteiger partial charge in [-0.05, 0) is 48.2 Å². The van der Waals surface area contributed by atoms with Crippen molar-refractivity contribution in [2.45, 2.75) is 37.8 Å². The molecular weight excluding hydrogens is 330 g/mol. The van der Waals surface area contributed by atoms with Crippen LogP contribution in [-0.2, 0) is 12.1 Å². The van der Waals surface area contributed by atoms with Crippen molar-refractivity contribution in [2.24, 2.45) is 0 Å². The molecule has 0 saturated heterocycles. The van der Waals surface area contributed by atoms with Crippen molar-refractivity contribution in [1.82, 2.24) is 5.32 Å². The van der Waals surface area contributed by atoms with Crippen molar-refractivity contribution in [3.8, 4) is 11.5 Å². The van der Waals surface area contributed by atoms with Gasteiger partial charge in [0, 0.05) is 12.1 Å². The molecule has 1 heterocycles. The molecule has 4 rings (SSSR count). The molecule has 1 aliphatic carbocycles. The lowest BCUT2D eigenvalue weighted by atomic mass is 9.87. The van der Waals surface area contributed by atoms with Crippen LogP contribution in [0.3, 0.4) is 0 Å². The Morgan fingerprint density at radius 1 is 1.00 bits per heavy atom. The molecular formula is C21H23NO4. The number of nitrogens with one attached hydrogen (secondary N) is 1. The van der Waals surface area contributed by atoms with E-state index in [1.807, 2.05) is 18.2 Å². The monoisotopic (exact) mass is 353 g/mol. The highest BCUT2D eigenvalue weighted by Gasteiger charge is 2.36. The zero-order chi connectivity index (χ0) is 18.0. The summed E-state index contributed by atoms with van der Waals surface area (Å²) in [4.78, 5) is 11.0. The Kier molecular flexibility index (Phi) is 4.55. The maximum absolute atomic E-state index is 11.0. The van der Waals surface area contributed by atoms with Gasteiger partial charge in [0.15, 0.2) is 11.5 Å². The average Bonchev–Trinajstić information content (AvgIpc) is 3.16. The second-order valence-electron chi connectivity index (χ2n) is 7.00. The van der Waals surface area contributed by atoms with Crippen LogP contribution in [-0.4, -0.2) is 24.3 Å². The topological polar surface area (TPSA) is 67.8 Å². The highest BCUT2D eigenvalue weighted by Crippen LogP contribution is 2.42. The standard InChI is InChI=1S/C21H23NO4/c23-20(24)16-5-3-15(4-6-16)14-22-21(9-1-2-10-21)17-7-8-18-19(13-17)26-12-11-25-18/h3-8,13,22H,1-2,9-12,14H2,(H,23,24). The van der Waals surface area contributed by atoms with E-state index in [2.05, 4.69) is 17.4 Å². The third-order valence-electron chi connectivity index (χ3n) is 5.38. The first-order valence-corrected chi connectivity index (χ1v) is 9.14. The largest absolute Gasteiger partial charge is 0.486 e. The number of fused-ring (bicyclic) bond motifs is 1. The van der Waals surface area contributed by atoms with Crippen LogP contribution in [0.4, 0.5) is 0 Å². The number of carboxylic acids is 1. The van der Waals surface area contributed by atoms with Crippen LogP contribution in [0, 0.1) is 0 Å². The number of rotatable bonds is 5. The zero-order valence-electron chi connectivity index (χ0n) is 14.7. The van der Waals surface area contributed by atoms with Crippen LogP contribution in [0.25, 0.3) is 0 Å². The average molecular weight is 353 g/mol. The number of aromatic carboxylic acids is 1. The van der Waals surface area contributed by atoms with E-state index in [1.165, 1.54) is 18.4 Å². The summed E-state index contributed by atoms with van der Waals surface area (Å²) in [6.07, 6.45) is 4.55. The molecule has 2 aromatic rings. The van der Waals surface area contributed by atoms with Gasteiger partial charge < -0.3 is 19.9 Å². The Morgan fingerprint density at radius 3 is 2.38 bits per heavy atom. The molecule has 0 radical (unpaired) electrons. The van der Waals surface area contributed by atoms with Crippen molar-refractivity contribution >= 4 is 5.97 Å². The molecule has 5 nitrogen and oxygen atoms in total.